The highest BCUT2D eigenvalue weighted by atomic mass is 14.9. The maximum Gasteiger partial charge on any atom is 0.0767 e. The lowest BCUT2D eigenvalue weighted by atomic mass is 9.91. The van der Waals surface area contributed by atoms with Gasteiger partial charge < -0.3 is 5.32 Å². The molecule has 0 bridgehead atoms. The third kappa shape index (κ3) is 5.71. The van der Waals surface area contributed by atoms with Crippen molar-refractivity contribution in [2.24, 2.45) is 5.41 Å². The molecule has 0 fully saturated rings. The van der Waals surface area contributed by atoms with E-state index in [4.69, 9.17) is 6.42 Å². The molecule has 0 heterocycles. The Morgan fingerprint density at radius 2 is 1.77 bits per heavy atom. The van der Waals surface area contributed by atoms with Gasteiger partial charge in [-0.1, -0.05) is 33.6 Å². The molecule has 0 amide bonds. The molecule has 0 saturated carbocycles. The molecule has 0 radical (unpaired) electrons. The minimum absolute atomic E-state index is 0.120. The number of rotatable bonds is 4. The molecule has 1 N–H and O–H groups in total. The van der Waals surface area contributed by atoms with Crippen LogP contribution in [0.15, 0.2) is 0 Å². The predicted octanol–water partition coefficient (Wildman–Crippen LogP) is 2.81. The lowest BCUT2D eigenvalue weighted by molar-refractivity contribution is 0.336. The van der Waals surface area contributed by atoms with Crippen LogP contribution in [0.1, 0.15) is 47.5 Å². The van der Waals surface area contributed by atoms with Crippen LogP contribution in [0.4, 0.5) is 0 Å². The average Bonchev–Trinajstić information content (AvgIpc) is 2.02. The molecule has 1 nitrogen and oxygen atoms in total. The standard InChI is InChI=1S/C12H23N/c1-7-12(6,8-2)13-10-9-11(3,4)5/h1,13H,8-10H2,2-6H3. The molecule has 0 aromatic heterocycles. The first kappa shape index (κ1) is 12.5. The quantitative estimate of drug-likeness (QED) is 0.658. The van der Waals surface area contributed by atoms with E-state index in [0.717, 1.165) is 19.4 Å². The van der Waals surface area contributed by atoms with E-state index in [1.54, 1.807) is 0 Å². The van der Waals surface area contributed by atoms with Gasteiger partial charge in [0.2, 0.25) is 0 Å². The second-order valence-corrected chi connectivity index (χ2v) is 5.07. The van der Waals surface area contributed by atoms with E-state index in [0.29, 0.717) is 5.41 Å². The molecule has 0 aliphatic carbocycles. The summed E-state index contributed by atoms with van der Waals surface area (Å²) in [5.74, 6) is 2.80. The molecule has 76 valence electrons. The van der Waals surface area contributed by atoms with Gasteiger partial charge in [-0.25, -0.2) is 0 Å². The van der Waals surface area contributed by atoms with Gasteiger partial charge in [-0.05, 0) is 31.7 Å². The fraction of sp³-hybridized carbons (Fsp3) is 0.833. The smallest absolute Gasteiger partial charge is 0.0767 e. The molecular weight excluding hydrogens is 158 g/mol. The topological polar surface area (TPSA) is 12.0 Å². The third-order valence-corrected chi connectivity index (χ3v) is 2.42. The van der Waals surface area contributed by atoms with Crippen LogP contribution in [0, 0.1) is 17.8 Å². The number of hydrogen-bond acceptors (Lipinski definition) is 1. The molecular formula is C12H23N. The first-order chi connectivity index (χ1) is 5.83. The summed E-state index contributed by atoms with van der Waals surface area (Å²) in [5, 5.41) is 3.42. The van der Waals surface area contributed by atoms with Crippen molar-refractivity contribution in [3.05, 3.63) is 0 Å². The summed E-state index contributed by atoms with van der Waals surface area (Å²) >= 11 is 0. The third-order valence-electron chi connectivity index (χ3n) is 2.42. The fourth-order valence-corrected chi connectivity index (χ4v) is 0.991. The van der Waals surface area contributed by atoms with Crippen molar-refractivity contribution in [3.63, 3.8) is 0 Å². The molecule has 13 heavy (non-hydrogen) atoms. The molecule has 1 heteroatoms. The van der Waals surface area contributed by atoms with E-state index in [2.05, 4.69) is 45.9 Å². The Bertz CT molecular complexity index is 182. The van der Waals surface area contributed by atoms with Gasteiger partial charge in [0.15, 0.2) is 0 Å². The van der Waals surface area contributed by atoms with Crippen molar-refractivity contribution in [3.8, 4) is 12.3 Å². The SMILES string of the molecule is C#CC(C)(CC)NCCC(C)(C)C. The van der Waals surface area contributed by atoms with Crippen molar-refractivity contribution in [2.75, 3.05) is 6.54 Å². The van der Waals surface area contributed by atoms with Crippen LogP contribution in [-0.2, 0) is 0 Å². The molecule has 1 unspecified atom stereocenters. The Labute approximate surface area is 83.3 Å². The van der Waals surface area contributed by atoms with E-state index in [-0.39, 0.29) is 5.54 Å². The summed E-state index contributed by atoms with van der Waals surface area (Å²) in [7, 11) is 0. The summed E-state index contributed by atoms with van der Waals surface area (Å²) in [6.07, 6.45) is 7.59. The molecule has 0 aromatic rings. The maximum absolute atomic E-state index is 5.45. The number of hydrogen-bond donors (Lipinski definition) is 1. The minimum Gasteiger partial charge on any atom is -0.301 e. The van der Waals surface area contributed by atoms with Gasteiger partial charge in [0, 0.05) is 0 Å². The summed E-state index contributed by atoms with van der Waals surface area (Å²) < 4.78 is 0. The van der Waals surface area contributed by atoms with Crippen LogP contribution < -0.4 is 5.32 Å². The van der Waals surface area contributed by atoms with Crippen molar-refractivity contribution in [1.82, 2.24) is 5.32 Å². The van der Waals surface area contributed by atoms with Crippen LogP contribution in [0.5, 0.6) is 0 Å². The number of nitrogens with one attached hydrogen (secondary N) is 1. The van der Waals surface area contributed by atoms with E-state index in [9.17, 15) is 0 Å². The van der Waals surface area contributed by atoms with E-state index < -0.39 is 0 Å². The normalized spacial score (nSPS) is 16.3. The summed E-state index contributed by atoms with van der Waals surface area (Å²) in [5.41, 5.74) is 0.265. The van der Waals surface area contributed by atoms with Crippen LogP contribution in [0.2, 0.25) is 0 Å². The Morgan fingerprint density at radius 1 is 1.23 bits per heavy atom. The zero-order valence-electron chi connectivity index (χ0n) is 9.70. The van der Waals surface area contributed by atoms with Crippen molar-refractivity contribution >= 4 is 0 Å². The summed E-state index contributed by atoms with van der Waals surface area (Å²) in [4.78, 5) is 0. The van der Waals surface area contributed by atoms with Crippen LogP contribution in [-0.4, -0.2) is 12.1 Å². The van der Waals surface area contributed by atoms with Crippen LogP contribution in [0.25, 0.3) is 0 Å². The second kappa shape index (κ2) is 4.67. The van der Waals surface area contributed by atoms with Gasteiger partial charge in [-0.2, -0.15) is 0 Å². The highest BCUT2D eigenvalue weighted by Crippen LogP contribution is 2.18. The average molecular weight is 181 g/mol. The van der Waals surface area contributed by atoms with Gasteiger partial charge in [0.05, 0.1) is 5.54 Å². The highest BCUT2D eigenvalue weighted by molar-refractivity contribution is 5.09. The monoisotopic (exact) mass is 181 g/mol. The Morgan fingerprint density at radius 3 is 2.08 bits per heavy atom. The first-order valence-electron chi connectivity index (χ1n) is 5.06. The van der Waals surface area contributed by atoms with Gasteiger partial charge in [-0.15, -0.1) is 6.42 Å². The van der Waals surface area contributed by atoms with Gasteiger partial charge in [0.25, 0.3) is 0 Å². The fourth-order valence-electron chi connectivity index (χ4n) is 0.991. The Hall–Kier alpha value is -0.480. The lowest BCUT2D eigenvalue weighted by Crippen LogP contribution is -2.41. The Balaban J connectivity index is 3.83. The summed E-state index contributed by atoms with van der Waals surface area (Å²) in [6, 6.07) is 0. The van der Waals surface area contributed by atoms with Gasteiger partial charge >= 0.3 is 0 Å². The number of terminal acetylenes is 1. The van der Waals surface area contributed by atoms with E-state index in [1.807, 2.05) is 0 Å². The zero-order valence-corrected chi connectivity index (χ0v) is 9.70. The molecule has 0 aliphatic rings. The van der Waals surface area contributed by atoms with Crippen molar-refractivity contribution in [2.45, 2.75) is 53.0 Å². The molecule has 0 aliphatic heterocycles. The minimum atomic E-state index is -0.120. The molecule has 1 atom stereocenters. The molecule has 0 aromatic carbocycles. The zero-order chi connectivity index (χ0) is 10.5. The van der Waals surface area contributed by atoms with Gasteiger partial charge in [0.1, 0.15) is 0 Å². The lowest BCUT2D eigenvalue weighted by Gasteiger charge is -2.26. The summed E-state index contributed by atoms with van der Waals surface area (Å²) in [6.45, 7) is 11.9. The van der Waals surface area contributed by atoms with Crippen molar-refractivity contribution in [1.29, 1.82) is 0 Å². The first-order valence-corrected chi connectivity index (χ1v) is 5.06. The largest absolute Gasteiger partial charge is 0.301 e. The highest BCUT2D eigenvalue weighted by Gasteiger charge is 2.18. The van der Waals surface area contributed by atoms with Crippen molar-refractivity contribution < 1.29 is 0 Å². The molecule has 0 spiro atoms. The predicted molar refractivity (Wildman–Crippen MR) is 59.6 cm³/mol. The van der Waals surface area contributed by atoms with Crippen LogP contribution >= 0.6 is 0 Å². The van der Waals surface area contributed by atoms with Crippen LogP contribution in [0.3, 0.4) is 0 Å². The Kier molecular flexibility index (Phi) is 4.50. The van der Waals surface area contributed by atoms with E-state index >= 15 is 0 Å². The maximum atomic E-state index is 5.45. The molecule has 0 rings (SSSR count). The molecule has 0 saturated heterocycles. The van der Waals surface area contributed by atoms with E-state index in [1.165, 1.54) is 0 Å². The van der Waals surface area contributed by atoms with Gasteiger partial charge in [-0.3, -0.25) is 0 Å². The second-order valence-electron chi connectivity index (χ2n) is 5.07.